The van der Waals surface area contributed by atoms with E-state index in [1.54, 1.807) is 6.20 Å². The maximum atomic E-state index is 12.7. The molecule has 0 atom stereocenters. The summed E-state index contributed by atoms with van der Waals surface area (Å²) < 4.78 is 39.6. The molecule has 0 saturated heterocycles. The van der Waals surface area contributed by atoms with E-state index in [4.69, 9.17) is 0 Å². The molecular weight excluding hydrogens is 381 g/mol. The summed E-state index contributed by atoms with van der Waals surface area (Å²) in [6.45, 7) is 0.0649. The van der Waals surface area contributed by atoms with Gasteiger partial charge >= 0.3 is 6.18 Å². The molecule has 1 amide bonds. The minimum atomic E-state index is -4.37. The zero-order valence-electron chi connectivity index (χ0n) is 16.0. The summed E-state index contributed by atoms with van der Waals surface area (Å²) >= 11 is 0. The summed E-state index contributed by atoms with van der Waals surface area (Å²) in [7, 11) is 0. The lowest BCUT2D eigenvalue weighted by atomic mass is 9.53. The van der Waals surface area contributed by atoms with Gasteiger partial charge in [-0.15, -0.1) is 5.10 Å². The molecule has 4 bridgehead atoms. The van der Waals surface area contributed by atoms with Crippen LogP contribution < -0.4 is 5.32 Å². The van der Waals surface area contributed by atoms with Crippen LogP contribution in [0, 0.1) is 17.8 Å². The number of benzene rings is 1. The Hall–Kier alpha value is -2.38. The second-order valence-corrected chi connectivity index (χ2v) is 9.12. The number of carbonyl (C=O) groups is 1. The van der Waals surface area contributed by atoms with Gasteiger partial charge in [-0.05, 0) is 68.4 Å². The van der Waals surface area contributed by atoms with Crippen molar-refractivity contribution in [3.05, 3.63) is 36.0 Å². The largest absolute Gasteiger partial charge is 0.416 e. The third-order valence-electron chi connectivity index (χ3n) is 6.80. The van der Waals surface area contributed by atoms with Crippen molar-refractivity contribution in [2.45, 2.75) is 56.8 Å². The minimum absolute atomic E-state index is 0.0529. The predicted molar refractivity (Wildman–Crippen MR) is 99.5 cm³/mol. The molecule has 4 saturated carbocycles. The van der Waals surface area contributed by atoms with Gasteiger partial charge in [0, 0.05) is 11.1 Å². The number of nitrogens with zero attached hydrogens (tertiary/aromatic N) is 3. The molecule has 2 aromatic rings. The Labute approximate surface area is 166 Å². The highest BCUT2D eigenvalue weighted by Crippen LogP contribution is 2.55. The predicted octanol–water partition coefficient (Wildman–Crippen LogP) is 4.05. The summed E-state index contributed by atoms with van der Waals surface area (Å²) in [5, 5.41) is 11.3. The fourth-order valence-corrected chi connectivity index (χ4v) is 6.08. The van der Waals surface area contributed by atoms with Gasteiger partial charge in [0.15, 0.2) is 0 Å². The average molecular weight is 404 g/mol. The van der Waals surface area contributed by atoms with Crippen LogP contribution >= 0.6 is 0 Å². The summed E-state index contributed by atoms with van der Waals surface area (Å²) in [6, 6.07) is 4.78. The Bertz CT molecular complexity index is 883. The molecule has 4 fully saturated rings. The number of amides is 1. The molecule has 0 spiro atoms. The topological polar surface area (TPSA) is 59.8 Å². The average Bonchev–Trinajstić information content (AvgIpc) is 3.07. The molecule has 4 aliphatic rings. The maximum absolute atomic E-state index is 12.7. The molecule has 0 radical (unpaired) electrons. The number of hydrogen-bond donors (Lipinski definition) is 1. The molecule has 1 heterocycles. The smallest absolute Gasteiger partial charge is 0.349 e. The van der Waals surface area contributed by atoms with E-state index >= 15 is 0 Å². The van der Waals surface area contributed by atoms with Gasteiger partial charge in [-0.3, -0.25) is 4.79 Å². The normalized spacial score (nSPS) is 30.5. The van der Waals surface area contributed by atoms with E-state index in [1.807, 2.05) is 0 Å². The number of hydrogen-bond acceptors (Lipinski definition) is 3. The van der Waals surface area contributed by atoms with Crippen LogP contribution in [0.25, 0.3) is 11.3 Å². The number of alkyl halides is 3. The Morgan fingerprint density at radius 1 is 1.07 bits per heavy atom. The van der Waals surface area contributed by atoms with Crippen molar-refractivity contribution in [3.63, 3.8) is 0 Å². The number of rotatable bonds is 4. The van der Waals surface area contributed by atoms with E-state index in [0.717, 1.165) is 49.1 Å². The molecule has 29 heavy (non-hydrogen) atoms. The molecule has 1 aromatic carbocycles. The first kappa shape index (κ1) is 18.6. The van der Waals surface area contributed by atoms with Crippen molar-refractivity contribution in [1.29, 1.82) is 0 Å². The van der Waals surface area contributed by atoms with Gasteiger partial charge in [-0.1, -0.05) is 17.3 Å². The summed E-state index contributed by atoms with van der Waals surface area (Å²) in [6.07, 6.45) is 4.42. The molecule has 0 unspecified atom stereocenters. The van der Waals surface area contributed by atoms with Gasteiger partial charge in [0.2, 0.25) is 5.91 Å². The Morgan fingerprint density at radius 2 is 1.66 bits per heavy atom. The zero-order chi connectivity index (χ0) is 20.2. The van der Waals surface area contributed by atoms with Crippen LogP contribution in [0.1, 0.15) is 44.1 Å². The lowest BCUT2D eigenvalue weighted by Crippen LogP contribution is -2.60. The monoisotopic (exact) mass is 404 g/mol. The molecule has 1 aromatic heterocycles. The van der Waals surface area contributed by atoms with Crippen LogP contribution in [0.3, 0.4) is 0 Å². The second kappa shape index (κ2) is 6.57. The van der Waals surface area contributed by atoms with Crippen LogP contribution in [0.2, 0.25) is 0 Å². The minimum Gasteiger partial charge on any atom is -0.349 e. The highest BCUT2D eigenvalue weighted by molar-refractivity contribution is 5.76. The van der Waals surface area contributed by atoms with Crippen molar-refractivity contribution in [1.82, 2.24) is 20.3 Å². The van der Waals surface area contributed by atoms with Gasteiger partial charge in [-0.25, -0.2) is 4.68 Å². The van der Waals surface area contributed by atoms with E-state index in [-0.39, 0.29) is 18.0 Å². The number of carbonyl (C=O) groups excluding carboxylic acids is 1. The van der Waals surface area contributed by atoms with E-state index in [1.165, 1.54) is 36.1 Å². The Morgan fingerprint density at radius 3 is 2.21 bits per heavy atom. The van der Waals surface area contributed by atoms with Gasteiger partial charge < -0.3 is 5.32 Å². The highest BCUT2D eigenvalue weighted by atomic mass is 19.4. The standard InChI is InChI=1S/C21H23F3N4O/c22-21(23,24)17-3-1-16(2-4-17)18-11-28(27-26-18)12-19(29)25-20-8-13-5-14(9-20)7-15(6-13)10-20/h1-4,11,13-15H,5-10,12H2,(H,25,29). The van der Waals surface area contributed by atoms with Crippen molar-refractivity contribution in [2.24, 2.45) is 17.8 Å². The van der Waals surface area contributed by atoms with Gasteiger partial charge in [-0.2, -0.15) is 13.2 Å². The molecule has 1 N–H and O–H groups in total. The SMILES string of the molecule is O=C(Cn1cc(-c2ccc(C(F)(F)F)cc2)nn1)NC12CC3CC(CC(C3)C1)C2. The quantitative estimate of drug-likeness (QED) is 0.837. The third-order valence-corrected chi connectivity index (χ3v) is 6.80. The summed E-state index contributed by atoms with van der Waals surface area (Å²) in [5.41, 5.74) is 0.221. The van der Waals surface area contributed by atoms with Crippen molar-refractivity contribution < 1.29 is 18.0 Å². The Balaban J connectivity index is 1.24. The molecule has 6 rings (SSSR count). The van der Waals surface area contributed by atoms with Crippen LogP contribution in [-0.2, 0) is 17.5 Å². The first-order valence-electron chi connectivity index (χ1n) is 10.2. The van der Waals surface area contributed by atoms with Crippen LogP contribution in [0.5, 0.6) is 0 Å². The Kier molecular flexibility index (Phi) is 4.22. The van der Waals surface area contributed by atoms with Crippen molar-refractivity contribution >= 4 is 5.91 Å². The van der Waals surface area contributed by atoms with Crippen molar-refractivity contribution in [3.8, 4) is 11.3 Å². The van der Waals surface area contributed by atoms with Gasteiger partial charge in [0.25, 0.3) is 0 Å². The second-order valence-electron chi connectivity index (χ2n) is 9.12. The van der Waals surface area contributed by atoms with E-state index < -0.39 is 11.7 Å². The zero-order valence-corrected chi connectivity index (χ0v) is 16.0. The lowest BCUT2D eigenvalue weighted by Gasteiger charge is -2.56. The van der Waals surface area contributed by atoms with Crippen molar-refractivity contribution in [2.75, 3.05) is 0 Å². The summed E-state index contributed by atoms with van der Waals surface area (Å²) in [4.78, 5) is 12.7. The molecule has 8 heteroatoms. The van der Waals surface area contributed by atoms with E-state index in [0.29, 0.717) is 11.3 Å². The molecular formula is C21H23F3N4O. The van der Waals surface area contributed by atoms with Gasteiger partial charge in [0.05, 0.1) is 11.8 Å². The molecule has 0 aliphatic heterocycles. The maximum Gasteiger partial charge on any atom is 0.416 e. The van der Waals surface area contributed by atoms with E-state index in [2.05, 4.69) is 15.6 Å². The first-order valence-corrected chi connectivity index (χ1v) is 10.2. The number of aromatic nitrogens is 3. The van der Waals surface area contributed by atoms with Gasteiger partial charge in [0.1, 0.15) is 12.2 Å². The number of halogens is 3. The van der Waals surface area contributed by atoms with E-state index in [9.17, 15) is 18.0 Å². The first-order chi connectivity index (χ1) is 13.8. The molecule has 154 valence electrons. The van der Waals surface area contributed by atoms with Crippen LogP contribution in [-0.4, -0.2) is 26.4 Å². The third kappa shape index (κ3) is 3.65. The fraction of sp³-hybridized carbons (Fsp3) is 0.571. The number of nitrogens with one attached hydrogen (secondary N) is 1. The molecule has 4 aliphatic carbocycles. The summed E-state index contributed by atoms with van der Waals surface area (Å²) in [5.74, 6) is 2.17. The highest BCUT2D eigenvalue weighted by Gasteiger charge is 2.51. The van der Waals surface area contributed by atoms with Crippen LogP contribution in [0.15, 0.2) is 30.5 Å². The van der Waals surface area contributed by atoms with Crippen LogP contribution in [0.4, 0.5) is 13.2 Å². The molecule has 5 nitrogen and oxygen atoms in total. The fourth-order valence-electron chi connectivity index (χ4n) is 6.08. The lowest BCUT2D eigenvalue weighted by molar-refractivity contribution is -0.137.